The Labute approximate surface area is 99.2 Å². The summed E-state index contributed by atoms with van der Waals surface area (Å²) in [5.74, 6) is -1.13. The fourth-order valence-corrected chi connectivity index (χ4v) is 1.77. The molecule has 0 saturated carbocycles. The monoisotopic (exact) mass is 246 g/mol. The van der Waals surface area contributed by atoms with Crippen LogP contribution in [0.2, 0.25) is 0 Å². The largest absolute Gasteiger partial charge is 0.480 e. The molecule has 0 aromatic heterocycles. The molecule has 0 aromatic rings. The summed E-state index contributed by atoms with van der Waals surface area (Å²) in [6.07, 6.45) is -0.763. The number of nitrogens with zero attached hydrogens (tertiary/aromatic N) is 2. The van der Waals surface area contributed by atoms with Crippen molar-refractivity contribution in [2.75, 3.05) is 20.2 Å². The van der Waals surface area contributed by atoms with Crippen LogP contribution in [0.15, 0.2) is 0 Å². The topological polar surface area (TPSA) is 101 Å². The summed E-state index contributed by atoms with van der Waals surface area (Å²) >= 11 is 0. The maximum atomic E-state index is 12.0. The van der Waals surface area contributed by atoms with Gasteiger partial charge in [-0.15, -0.1) is 0 Å². The number of urea groups is 1. The van der Waals surface area contributed by atoms with Crippen molar-refractivity contribution in [1.82, 2.24) is 9.80 Å². The maximum Gasteiger partial charge on any atom is 0.326 e. The zero-order valence-electron chi connectivity index (χ0n) is 9.91. The first kappa shape index (κ1) is 13.7. The third-order valence-electron chi connectivity index (χ3n) is 3.04. The van der Waals surface area contributed by atoms with Gasteiger partial charge in [0, 0.05) is 20.0 Å². The van der Waals surface area contributed by atoms with E-state index in [1.807, 2.05) is 0 Å². The number of carboxylic acids is 1. The molecule has 1 heterocycles. The average molecular weight is 246 g/mol. The second-order valence-corrected chi connectivity index (χ2v) is 4.32. The number of carbonyl (C=O) groups is 2. The van der Waals surface area contributed by atoms with Crippen LogP contribution in [-0.4, -0.2) is 75.5 Å². The van der Waals surface area contributed by atoms with Crippen molar-refractivity contribution < 1.29 is 24.9 Å². The van der Waals surface area contributed by atoms with Crippen LogP contribution in [0.5, 0.6) is 0 Å². The number of aliphatic hydroxyl groups excluding tert-OH is 2. The van der Waals surface area contributed by atoms with Crippen molar-refractivity contribution in [3.8, 4) is 0 Å². The number of aliphatic carboxylic acids is 1. The van der Waals surface area contributed by atoms with Crippen LogP contribution >= 0.6 is 0 Å². The van der Waals surface area contributed by atoms with Crippen molar-refractivity contribution in [1.29, 1.82) is 0 Å². The highest BCUT2D eigenvalue weighted by atomic mass is 16.4. The number of aliphatic hydroxyl groups is 2. The first-order valence-corrected chi connectivity index (χ1v) is 5.43. The van der Waals surface area contributed by atoms with E-state index in [2.05, 4.69) is 0 Å². The van der Waals surface area contributed by atoms with E-state index in [4.69, 9.17) is 10.2 Å². The molecular formula is C10H18N2O5. The Bertz CT molecular complexity index is 309. The minimum atomic E-state index is -1.13. The Kier molecular flexibility index (Phi) is 4.30. The highest BCUT2D eigenvalue weighted by Gasteiger charge is 2.40. The number of likely N-dealkylation sites (N-methyl/N-ethyl adjacent to an activating group) is 1. The molecule has 0 bridgehead atoms. The van der Waals surface area contributed by atoms with Gasteiger partial charge in [0.05, 0.1) is 18.8 Å². The van der Waals surface area contributed by atoms with Gasteiger partial charge in [-0.25, -0.2) is 9.59 Å². The lowest BCUT2D eigenvalue weighted by Gasteiger charge is -2.30. The second-order valence-electron chi connectivity index (χ2n) is 4.32. The predicted octanol–water partition coefficient (Wildman–Crippen LogP) is -1.06. The molecule has 7 heteroatoms. The summed E-state index contributed by atoms with van der Waals surface area (Å²) in [6.45, 7) is 1.47. The minimum Gasteiger partial charge on any atom is -0.480 e. The molecule has 0 aliphatic carbocycles. The van der Waals surface area contributed by atoms with Gasteiger partial charge in [0.15, 0.2) is 0 Å². The molecule has 1 rings (SSSR count). The average Bonchev–Trinajstić information content (AvgIpc) is 2.68. The molecule has 98 valence electrons. The van der Waals surface area contributed by atoms with E-state index in [0.717, 1.165) is 4.90 Å². The summed E-state index contributed by atoms with van der Waals surface area (Å²) in [5.41, 5.74) is 0. The van der Waals surface area contributed by atoms with Gasteiger partial charge in [-0.05, 0) is 6.92 Å². The molecule has 1 fully saturated rings. The number of carboxylic acid groups (broad SMARTS) is 1. The maximum absolute atomic E-state index is 12.0. The van der Waals surface area contributed by atoms with E-state index in [-0.39, 0.29) is 19.6 Å². The van der Waals surface area contributed by atoms with Crippen LogP contribution in [0.25, 0.3) is 0 Å². The second kappa shape index (κ2) is 5.33. The minimum absolute atomic E-state index is 0.0122. The van der Waals surface area contributed by atoms with Crippen LogP contribution in [0, 0.1) is 0 Å². The normalized spacial score (nSPS) is 25.8. The smallest absolute Gasteiger partial charge is 0.326 e. The van der Waals surface area contributed by atoms with Gasteiger partial charge in [-0.2, -0.15) is 0 Å². The van der Waals surface area contributed by atoms with Crippen LogP contribution < -0.4 is 0 Å². The summed E-state index contributed by atoms with van der Waals surface area (Å²) in [6, 6.07) is -1.88. The molecule has 3 N–H and O–H groups in total. The molecule has 7 nitrogen and oxygen atoms in total. The fraction of sp³-hybridized carbons (Fsp3) is 0.800. The zero-order chi connectivity index (χ0) is 13.2. The number of amides is 2. The lowest BCUT2D eigenvalue weighted by Crippen LogP contribution is -2.50. The highest BCUT2D eigenvalue weighted by Crippen LogP contribution is 2.20. The Hall–Kier alpha value is -1.34. The van der Waals surface area contributed by atoms with E-state index in [0.29, 0.717) is 0 Å². The zero-order valence-corrected chi connectivity index (χ0v) is 9.91. The van der Waals surface area contributed by atoms with E-state index < -0.39 is 30.2 Å². The molecule has 1 unspecified atom stereocenters. The quantitative estimate of drug-likeness (QED) is 0.589. The van der Waals surface area contributed by atoms with Gasteiger partial charge < -0.3 is 25.1 Å². The molecule has 17 heavy (non-hydrogen) atoms. The Balaban J connectivity index is 2.77. The number of β-amino-alcohol motifs (C(OH)–C–C–N with tert-alkyl or cyclic N) is 1. The highest BCUT2D eigenvalue weighted by molar-refractivity contribution is 5.83. The predicted molar refractivity (Wildman–Crippen MR) is 58.5 cm³/mol. The molecule has 0 aromatic carbocycles. The van der Waals surface area contributed by atoms with Gasteiger partial charge >= 0.3 is 12.0 Å². The molecule has 2 amide bonds. The first-order valence-electron chi connectivity index (χ1n) is 5.43. The van der Waals surface area contributed by atoms with Gasteiger partial charge in [0.1, 0.15) is 6.04 Å². The lowest BCUT2D eigenvalue weighted by molar-refractivity contribution is -0.141. The van der Waals surface area contributed by atoms with Crippen LogP contribution in [-0.2, 0) is 4.79 Å². The van der Waals surface area contributed by atoms with Crippen molar-refractivity contribution in [3.05, 3.63) is 0 Å². The Morgan fingerprint density at radius 1 is 1.53 bits per heavy atom. The SMILES string of the molecule is CC(CO)N(C)C(=O)N1C[C@H](O)C[C@H]1C(=O)O. The fourth-order valence-electron chi connectivity index (χ4n) is 1.77. The first-order chi connectivity index (χ1) is 7.88. The van der Waals surface area contributed by atoms with E-state index in [1.165, 1.54) is 11.9 Å². The summed E-state index contributed by atoms with van der Waals surface area (Å²) in [4.78, 5) is 25.3. The molecule has 1 saturated heterocycles. The molecule has 0 spiro atoms. The number of carbonyl (C=O) groups excluding carboxylic acids is 1. The summed E-state index contributed by atoms with van der Waals surface area (Å²) in [7, 11) is 1.49. The van der Waals surface area contributed by atoms with E-state index in [1.54, 1.807) is 6.92 Å². The third kappa shape index (κ3) is 2.86. The van der Waals surface area contributed by atoms with Gasteiger partial charge in [-0.3, -0.25) is 0 Å². The van der Waals surface area contributed by atoms with Crippen molar-refractivity contribution in [2.24, 2.45) is 0 Å². The Morgan fingerprint density at radius 3 is 2.59 bits per heavy atom. The molecular weight excluding hydrogens is 228 g/mol. The van der Waals surface area contributed by atoms with E-state index >= 15 is 0 Å². The molecule has 0 radical (unpaired) electrons. The summed E-state index contributed by atoms with van der Waals surface area (Å²) < 4.78 is 0. The van der Waals surface area contributed by atoms with Crippen molar-refractivity contribution in [2.45, 2.75) is 31.5 Å². The van der Waals surface area contributed by atoms with Crippen LogP contribution in [0.4, 0.5) is 4.79 Å². The van der Waals surface area contributed by atoms with Gasteiger partial charge in [0.2, 0.25) is 0 Å². The lowest BCUT2D eigenvalue weighted by atomic mass is 10.2. The number of hydrogen-bond acceptors (Lipinski definition) is 4. The van der Waals surface area contributed by atoms with Crippen LogP contribution in [0.1, 0.15) is 13.3 Å². The number of likely N-dealkylation sites (tertiary alicyclic amines) is 1. The van der Waals surface area contributed by atoms with Crippen molar-refractivity contribution >= 4 is 12.0 Å². The molecule has 1 aliphatic heterocycles. The van der Waals surface area contributed by atoms with Gasteiger partial charge in [-0.1, -0.05) is 0 Å². The van der Waals surface area contributed by atoms with Crippen molar-refractivity contribution in [3.63, 3.8) is 0 Å². The molecule has 3 atom stereocenters. The summed E-state index contributed by atoms with van der Waals surface area (Å²) in [5, 5.41) is 27.3. The van der Waals surface area contributed by atoms with Crippen LogP contribution in [0.3, 0.4) is 0 Å². The number of hydrogen-bond donors (Lipinski definition) is 3. The standard InChI is InChI=1S/C10H18N2O5/c1-6(5-13)11(2)10(17)12-4-7(14)3-8(12)9(15)16/h6-8,13-14H,3-5H2,1-2H3,(H,15,16)/t6?,7-,8+/m1/s1. The molecule has 1 aliphatic rings. The third-order valence-corrected chi connectivity index (χ3v) is 3.04. The number of rotatable bonds is 3. The Morgan fingerprint density at radius 2 is 2.12 bits per heavy atom. The van der Waals surface area contributed by atoms with Gasteiger partial charge in [0.25, 0.3) is 0 Å². The van der Waals surface area contributed by atoms with E-state index in [9.17, 15) is 14.7 Å².